The van der Waals surface area contributed by atoms with Crippen molar-refractivity contribution in [2.45, 2.75) is 39.3 Å². The largest absolute Gasteiger partial charge is 0.497 e. The number of benzene rings is 1. The molecular weight excluding hydrogens is 226 g/mol. The molecule has 0 bridgehead atoms. The minimum absolute atomic E-state index is 0.0226. The van der Waals surface area contributed by atoms with Crippen LogP contribution in [0, 0.1) is 5.92 Å². The molecule has 0 saturated heterocycles. The molecule has 0 spiro atoms. The highest BCUT2D eigenvalue weighted by Crippen LogP contribution is 2.23. The number of ether oxygens (including phenoxy) is 2. The maximum Gasteiger partial charge on any atom is 0.118 e. The van der Waals surface area contributed by atoms with Crippen LogP contribution >= 0.6 is 0 Å². The Morgan fingerprint density at radius 3 is 2.17 bits per heavy atom. The van der Waals surface area contributed by atoms with Gasteiger partial charge in [0.25, 0.3) is 0 Å². The van der Waals surface area contributed by atoms with Gasteiger partial charge < -0.3 is 15.2 Å². The predicted molar refractivity (Wildman–Crippen MR) is 74.8 cm³/mol. The smallest absolute Gasteiger partial charge is 0.118 e. The molecule has 0 heterocycles. The molecule has 0 fully saturated rings. The topological polar surface area (TPSA) is 44.5 Å². The predicted octanol–water partition coefficient (Wildman–Crippen LogP) is 3.15. The zero-order valence-electron chi connectivity index (χ0n) is 11.8. The van der Waals surface area contributed by atoms with Crippen molar-refractivity contribution >= 4 is 0 Å². The van der Waals surface area contributed by atoms with E-state index in [-0.39, 0.29) is 12.1 Å². The highest BCUT2D eigenvalue weighted by atomic mass is 16.5. The van der Waals surface area contributed by atoms with E-state index in [1.54, 1.807) is 7.11 Å². The quantitative estimate of drug-likeness (QED) is 0.809. The third-order valence-corrected chi connectivity index (χ3v) is 2.91. The van der Waals surface area contributed by atoms with Crippen molar-refractivity contribution in [3.05, 3.63) is 29.8 Å². The molecule has 0 radical (unpaired) electrons. The average Bonchev–Trinajstić information content (AvgIpc) is 2.34. The van der Waals surface area contributed by atoms with Crippen LogP contribution in [-0.4, -0.2) is 19.8 Å². The van der Waals surface area contributed by atoms with Crippen molar-refractivity contribution < 1.29 is 9.47 Å². The normalized spacial score (nSPS) is 14.6. The van der Waals surface area contributed by atoms with E-state index in [1.807, 2.05) is 31.2 Å². The lowest BCUT2D eigenvalue weighted by atomic mass is 10.0. The highest BCUT2D eigenvalue weighted by Gasteiger charge is 2.16. The van der Waals surface area contributed by atoms with Gasteiger partial charge in [0, 0.05) is 12.6 Å². The Hall–Kier alpha value is -1.06. The molecule has 0 amide bonds. The Bertz CT molecular complexity index is 333. The SMILES string of the molecule is COc1ccc(C(OCCC(C)C)C(C)N)cc1. The third kappa shape index (κ3) is 4.67. The zero-order valence-corrected chi connectivity index (χ0v) is 11.8. The Labute approximate surface area is 110 Å². The lowest BCUT2D eigenvalue weighted by Crippen LogP contribution is -2.27. The van der Waals surface area contributed by atoms with Crippen molar-refractivity contribution in [1.29, 1.82) is 0 Å². The number of hydrogen-bond donors (Lipinski definition) is 1. The van der Waals surface area contributed by atoms with Crippen LogP contribution in [-0.2, 0) is 4.74 Å². The first kappa shape index (κ1) is 15.0. The summed E-state index contributed by atoms with van der Waals surface area (Å²) in [5, 5.41) is 0. The van der Waals surface area contributed by atoms with E-state index in [1.165, 1.54) is 0 Å². The average molecular weight is 251 g/mol. The molecule has 0 aliphatic carbocycles. The lowest BCUT2D eigenvalue weighted by Gasteiger charge is -2.22. The van der Waals surface area contributed by atoms with E-state index in [0.717, 1.165) is 24.3 Å². The third-order valence-electron chi connectivity index (χ3n) is 2.91. The molecule has 1 aromatic rings. The summed E-state index contributed by atoms with van der Waals surface area (Å²) < 4.78 is 11.1. The number of rotatable bonds is 7. The first-order valence-electron chi connectivity index (χ1n) is 6.55. The van der Waals surface area contributed by atoms with Crippen molar-refractivity contribution in [2.75, 3.05) is 13.7 Å². The van der Waals surface area contributed by atoms with Crippen LogP contribution in [0.25, 0.3) is 0 Å². The van der Waals surface area contributed by atoms with Gasteiger partial charge in [0.05, 0.1) is 13.2 Å². The van der Waals surface area contributed by atoms with Gasteiger partial charge in [0.15, 0.2) is 0 Å². The number of hydrogen-bond acceptors (Lipinski definition) is 3. The minimum Gasteiger partial charge on any atom is -0.497 e. The molecule has 0 aliphatic rings. The van der Waals surface area contributed by atoms with Crippen molar-refractivity contribution in [2.24, 2.45) is 11.7 Å². The monoisotopic (exact) mass is 251 g/mol. The Balaban J connectivity index is 2.65. The molecule has 3 heteroatoms. The van der Waals surface area contributed by atoms with Crippen LogP contribution in [0.15, 0.2) is 24.3 Å². The van der Waals surface area contributed by atoms with Gasteiger partial charge in [-0.2, -0.15) is 0 Å². The Morgan fingerprint density at radius 1 is 1.11 bits per heavy atom. The summed E-state index contributed by atoms with van der Waals surface area (Å²) in [4.78, 5) is 0. The molecule has 18 heavy (non-hydrogen) atoms. The first-order chi connectivity index (χ1) is 8.54. The fraction of sp³-hybridized carbons (Fsp3) is 0.600. The summed E-state index contributed by atoms with van der Waals surface area (Å²) in [6.45, 7) is 7.11. The van der Waals surface area contributed by atoms with Gasteiger partial charge >= 0.3 is 0 Å². The summed E-state index contributed by atoms with van der Waals surface area (Å²) in [5.41, 5.74) is 7.11. The molecule has 0 saturated carbocycles. The van der Waals surface area contributed by atoms with Crippen LogP contribution in [0.1, 0.15) is 38.9 Å². The van der Waals surface area contributed by atoms with Gasteiger partial charge in [-0.1, -0.05) is 26.0 Å². The molecule has 1 rings (SSSR count). The van der Waals surface area contributed by atoms with Gasteiger partial charge in [-0.25, -0.2) is 0 Å². The molecule has 0 aliphatic heterocycles. The van der Waals surface area contributed by atoms with Gasteiger partial charge in [-0.05, 0) is 37.0 Å². The fourth-order valence-electron chi connectivity index (χ4n) is 1.78. The Kier molecular flexibility index (Phi) is 6.16. The van der Waals surface area contributed by atoms with Crippen LogP contribution in [0.5, 0.6) is 5.75 Å². The van der Waals surface area contributed by atoms with E-state index >= 15 is 0 Å². The second kappa shape index (κ2) is 7.39. The second-order valence-electron chi connectivity index (χ2n) is 5.11. The van der Waals surface area contributed by atoms with E-state index in [9.17, 15) is 0 Å². The van der Waals surface area contributed by atoms with Crippen LogP contribution < -0.4 is 10.5 Å². The molecule has 102 valence electrons. The zero-order chi connectivity index (χ0) is 13.5. The molecule has 2 unspecified atom stereocenters. The van der Waals surface area contributed by atoms with Crippen LogP contribution in [0.2, 0.25) is 0 Å². The highest BCUT2D eigenvalue weighted by molar-refractivity contribution is 5.29. The molecular formula is C15H25NO2. The number of methoxy groups -OCH3 is 1. The maximum atomic E-state index is 6.00. The lowest BCUT2D eigenvalue weighted by molar-refractivity contribution is 0.0321. The van der Waals surface area contributed by atoms with Crippen molar-refractivity contribution in [3.63, 3.8) is 0 Å². The van der Waals surface area contributed by atoms with Gasteiger partial charge in [0.2, 0.25) is 0 Å². The molecule has 2 atom stereocenters. The van der Waals surface area contributed by atoms with E-state index in [0.29, 0.717) is 5.92 Å². The summed E-state index contributed by atoms with van der Waals surface area (Å²) >= 11 is 0. The van der Waals surface area contributed by atoms with Gasteiger partial charge in [0.1, 0.15) is 5.75 Å². The van der Waals surface area contributed by atoms with Crippen molar-refractivity contribution in [3.8, 4) is 5.75 Å². The maximum absolute atomic E-state index is 6.00. The van der Waals surface area contributed by atoms with E-state index in [2.05, 4.69) is 13.8 Å². The molecule has 1 aromatic carbocycles. The number of nitrogens with two attached hydrogens (primary N) is 1. The minimum atomic E-state index is -0.0466. The molecule has 2 N–H and O–H groups in total. The summed E-state index contributed by atoms with van der Waals surface area (Å²) in [6.07, 6.45) is 1.01. The first-order valence-corrected chi connectivity index (χ1v) is 6.55. The van der Waals surface area contributed by atoms with E-state index in [4.69, 9.17) is 15.2 Å². The van der Waals surface area contributed by atoms with Gasteiger partial charge in [-0.15, -0.1) is 0 Å². The summed E-state index contributed by atoms with van der Waals surface area (Å²) in [7, 11) is 1.66. The molecule has 3 nitrogen and oxygen atoms in total. The van der Waals surface area contributed by atoms with Crippen molar-refractivity contribution in [1.82, 2.24) is 0 Å². The van der Waals surface area contributed by atoms with Gasteiger partial charge in [-0.3, -0.25) is 0 Å². The fourth-order valence-corrected chi connectivity index (χ4v) is 1.78. The molecule has 0 aromatic heterocycles. The van der Waals surface area contributed by atoms with E-state index < -0.39 is 0 Å². The van der Waals surface area contributed by atoms with Crippen LogP contribution in [0.3, 0.4) is 0 Å². The summed E-state index contributed by atoms with van der Waals surface area (Å²) in [5.74, 6) is 1.50. The Morgan fingerprint density at radius 2 is 1.72 bits per heavy atom. The van der Waals surface area contributed by atoms with Crippen LogP contribution in [0.4, 0.5) is 0 Å². The standard InChI is InChI=1S/C15H25NO2/c1-11(2)9-10-18-15(12(3)16)13-5-7-14(17-4)8-6-13/h5-8,11-12,15H,9-10,16H2,1-4H3. The second-order valence-corrected chi connectivity index (χ2v) is 5.11. The summed E-state index contributed by atoms with van der Waals surface area (Å²) in [6, 6.07) is 7.89.